The molecule has 4 nitrogen and oxygen atoms in total. The third-order valence-corrected chi connectivity index (χ3v) is 3.09. The largest absolute Gasteiger partial charge is 0.467 e. The Bertz CT molecular complexity index is 470. The number of hydrogen-bond donors (Lipinski definition) is 2. The van der Waals surface area contributed by atoms with Gasteiger partial charge in [0.25, 0.3) is 0 Å². The maximum Gasteiger partial charge on any atom is 0.129 e. The molecule has 2 aromatic rings. The molecule has 0 saturated heterocycles. The molecule has 0 saturated carbocycles. The molecule has 0 spiro atoms. The Morgan fingerprint density at radius 2 is 2.00 bits per heavy atom. The first-order valence-electron chi connectivity index (χ1n) is 6.82. The van der Waals surface area contributed by atoms with Crippen LogP contribution >= 0.6 is 0 Å². The van der Waals surface area contributed by atoms with Gasteiger partial charge in [0.15, 0.2) is 0 Å². The van der Waals surface area contributed by atoms with E-state index in [0.717, 1.165) is 5.76 Å². The number of hydrogen-bond acceptors (Lipinski definition) is 4. The lowest BCUT2D eigenvalue weighted by Gasteiger charge is -2.17. The monoisotopic (exact) mass is 275 g/mol. The van der Waals surface area contributed by atoms with Crippen molar-refractivity contribution in [1.82, 2.24) is 5.32 Å². The summed E-state index contributed by atoms with van der Waals surface area (Å²) in [5, 5.41) is 13.1. The second-order valence-corrected chi connectivity index (χ2v) is 4.79. The number of nitrogens with one attached hydrogen (secondary N) is 1. The lowest BCUT2D eigenvalue weighted by Crippen LogP contribution is -2.32. The van der Waals surface area contributed by atoms with Gasteiger partial charge in [-0.1, -0.05) is 30.3 Å². The van der Waals surface area contributed by atoms with Gasteiger partial charge in [-0.3, -0.25) is 0 Å². The Morgan fingerprint density at radius 3 is 2.70 bits per heavy atom. The first-order valence-corrected chi connectivity index (χ1v) is 6.82. The van der Waals surface area contributed by atoms with E-state index in [9.17, 15) is 5.11 Å². The van der Waals surface area contributed by atoms with Crippen molar-refractivity contribution in [1.29, 1.82) is 0 Å². The highest BCUT2D eigenvalue weighted by atomic mass is 16.5. The van der Waals surface area contributed by atoms with Gasteiger partial charge in [-0.05, 0) is 24.6 Å². The molecule has 2 rings (SSSR count). The van der Waals surface area contributed by atoms with Crippen molar-refractivity contribution in [2.75, 3.05) is 13.2 Å². The van der Waals surface area contributed by atoms with Crippen molar-refractivity contribution in [3.8, 4) is 0 Å². The molecule has 0 aliphatic heterocycles. The lowest BCUT2D eigenvalue weighted by atomic mass is 10.1. The zero-order valence-electron chi connectivity index (χ0n) is 11.7. The maximum atomic E-state index is 9.86. The Balaban J connectivity index is 1.63. The van der Waals surface area contributed by atoms with Gasteiger partial charge in [0.2, 0.25) is 0 Å². The van der Waals surface area contributed by atoms with Gasteiger partial charge in [-0.15, -0.1) is 0 Å². The molecule has 0 radical (unpaired) electrons. The molecule has 2 N–H and O–H groups in total. The second-order valence-electron chi connectivity index (χ2n) is 4.79. The predicted octanol–water partition coefficient (Wildman–Crippen LogP) is 2.51. The quantitative estimate of drug-likeness (QED) is 0.777. The summed E-state index contributed by atoms with van der Waals surface area (Å²) in [4.78, 5) is 0. The van der Waals surface area contributed by atoms with Crippen LogP contribution < -0.4 is 5.32 Å². The van der Waals surface area contributed by atoms with Crippen molar-refractivity contribution >= 4 is 0 Å². The Morgan fingerprint density at radius 1 is 1.20 bits per heavy atom. The molecule has 1 aromatic carbocycles. The summed E-state index contributed by atoms with van der Waals surface area (Å²) in [6.45, 7) is 3.24. The standard InChI is InChI=1S/C16H21NO3/c1-13(14-6-3-2-4-7-14)17-10-15(18)11-19-12-16-8-5-9-20-16/h2-9,13,15,17-18H,10-12H2,1H3/t13-,15?/m0/s1. The first kappa shape index (κ1) is 14.8. The van der Waals surface area contributed by atoms with E-state index in [1.807, 2.05) is 30.3 Å². The fourth-order valence-corrected chi connectivity index (χ4v) is 1.92. The van der Waals surface area contributed by atoms with E-state index >= 15 is 0 Å². The van der Waals surface area contributed by atoms with Gasteiger partial charge in [0.1, 0.15) is 12.4 Å². The smallest absolute Gasteiger partial charge is 0.129 e. The second kappa shape index (κ2) is 7.85. The van der Waals surface area contributed by atoms with Crippen molar-refractivity contribution in [3.63, 3.8) is 0 Å². The van der Waals surface area contributed by atoms with E-state index in [-0.39, 0.29) is 12.6 Å². The molecular formula is C16H21NO3. The zero-order valence-corrected chi connectivity index (χ0v) is 11.7. The SMILES string of the molecule is C[C@H](NCC(O)COCc1ccco1)c1ccccc1. The third kappa shape index (κ3) is 4.81. The highest BCUT2D eigenvalue weighted by Crippen LogP contribution is 2.10. The number of benzene rings is 1. The summed E-state index contributed by atoms with van der Waals surface area (Å²) in [5.41, 5.74) is 1.20. The van der Waals surface area contributed by atoms with Crippen LogP contribution in [0.2, 0.25) is 0 Å². The molecule has 0 aliphatic carbocycles. The average Bonchev–Trinajstić information content (AvgIpc) is 2.99. The van der Waals surface area contributed by atoms with E-state index in [1.54, 1.807) is 6.26 Å². The summed E-state index contributed by atoms with van der Waals surface area (Å²) >= 11 is 0. The molecule has 1 unspecified atom stereocenters. The molecule has 1 aromatic heterocycles. The van der Waals surface area contributed by atoms with Crippen LogP contribution in [0, 0.1) is 0 Å². The van der Waals surface area contributed by atoms with Crippen LogP contribution in [-0.4, -0.2) is 24.4 Å². The average molecular weight is 275 g/mol. The van der Waals surface area contributed by atoms with Gasteiger partial charge in [-0.2, -0.15) is 0 Å². The highest BCUT2D eigenvalue weighted by Gasteiger charge is 2.09. The van der Waals surface area contributed by atoms with Gasteiger partial charge >= 0.3 is 0 Å². The molecule has 0 amide bonds. The first-order chi connectivity index (χ1) is 9.75. The summed E-state index contributed by atoms with van der Waals surface area (Å²) in [5.74, 6) is 0.766. The number of aliphatic hydroxyl groups is 1. The minimum absolute atomic E-state index is 0.205. The van der Waals surface area contributed by atoms with E-state index in [4.69, 9.17) is 9.15 Å². The topological polar surface area (TPSA) is 54.6 Å². The summed E-state index contributed by atoms with van der Waals surface area (Å²) in [6, 6.07) is 14.0. The van der Waals surface area contributed by atoms with Crippen LogP contribution in [-0.2, 0) is 11.3 Å². The molecule has 20 heavy (non-hydrogen) atoms. The molecule has 2 atom stereocenters. The Labute approximate surface area is 119 Å². The Kier molecular flexibility index (Phi) is 5.80. The van der Waals surface area contributed by atoms with Crippen LogP contribution in [0.5, 0.6) is 0 Å². The number of rotatable bonds is 8. The van der Waals surface area contributed by atoms with Crippen molar-refractivity contribution in [2.45, 2.75) is 25.7 Å². The molecular weight excluding hydrogens is 254 g/mol. The van der Waals surface area contributed by atoms with Crippen LogP contribution in [0.25, 0.3) is 0 Å². The van der Waals surface area contributed by atoms with E-state index < -0.39 is 6.10 Å². The van der Waals surface area contributed by atoms with Gasteiger partial charge in [0.05, 0.1) is 19.0 Å². The molecule has 4 heteroatoms. The van der Waals surface area contributed by atoms with Crippen LogP contribution in [0.15, 0.2) is 53.1 Å². The van der Waals surface area contributed by atoms with Gasteiger partial charge < -0.3 is 19.6 Å². The van der Waals surface area contributed by atoms with Crippen LogP contribution in [0.3, 0.4) is 0 Å². The normalized spacial score (nSPS) is 14.1. The van der Waals surface area contributed by atoms with Crippen molar-refractivity contribution in [3.05, 3.63) is 60.1 Å². The van der Waals surface area contributed by atoms with Crippen LogP contribution in [0.1, 0.15) is 24.3 Å². The molecule has 0 fully saturated rings. The maximum absolute atomic E-state index is 9.86. The number of aliphatic hydroxyl groups excluding tert-OH is 1. The summed E-state index contributed by atoms with van der Waals surface area (Å²) in [6.07, 6.45) is 1.08. The number of ether oxygens (including phenoxy) is 1. The number of furan rings is 1. The predicted molar refractivity (Wildman–Crippen MR) is 77.2 cm³/mol. The summed E-state index contributed by atoms with van der Waals surface area (Å²) in [7, 11) is 0. The minimum Gasteiger partial charge on any atom is -0.467 e. The van der Waals surface area contributed by atoms with Crippen LogP contribution in [0.4, 0.5) is 0 Å². The van der Waals surface area contributed by atoms with E-state index in [1.165, 1.54) is 5.56 Å². The third-order valence-electron chi connectivity index (χ3n) is 3.09. The fraction of sp³-hybridized carbons (Fsp3) is 0.375. The minimum atomic E-state index is -0.531. The van der Waals surface area contributed by atoms with E-state index in [0.29, 0.717) is 13.2 Å². The molecule has 0 bridgehead atoms. The molecule has 1 heterocycles. The summed E-state index contributed by atoms with van der Waals surface area (Å²) < 4.78 is 10.5. The highest BCUT2D eigenvalue weighted by molar-refractivity contribution is 5.17. The fourth-order valence-electron chi connectivity index (χ4n) is 1.92. The van der Waals surface area contributed by atoms with Crippen molar-refractivity contribution in [2.24, 2.45) is 0 Å². The van der Waals surface area contributed by atoms with E-state index in [2.05, 4.69) is 24.4 Å². The van der Waals surface area contributed by atoms with Crippen molar-refractivity contribution < 1.29 is 14.3 Å². The molecule has 108 valence electrons. The zero-order chi connectivity index (χ0) is 14.2. The molecule has 0 aliphatic rings. The van der Waals surface area contributed by atoms with Gasteiger partial charge in [0, 0.05) is 12.6 Å². The Hall–Kier alpha value is -1.62. The van der Waals surface area contributed by atoms with Gasteiger partial charge in [-0.25, -0.2) is 0 Å². The lowest BCUT2D eigenvalue weighted by molar-refractivity contribution is 0.0217.